The Hall–Kier alpha value is -0.990. The normalized spacial score (nSPS) is 25.2. The molecule has 3 heteroatoms. The first kappa shape index (κ1) is 5.15. The van der Waals surface area contributed by atoms with E-state index in [0.29, 0.717) is 6.54 Å². The van der Waals surface area contributed by atoms with Crippen LogP contribution < -0.4 is 11.1 Å². The van der Waals surface area contributed by atoms with Crippen molar-refractivity contribution in [2.75, 3.05) is 6.54 Å². The molecule has 8 heavy (non-hydrogen) atoms. The van der Waals surface area contributed by atoms with Gasteiger partial charge in [0.25, 0.3) is 0 Å². The van der Waals surface area contributed by atoms with Crippen molar-refractivity contribution in [3.8, 4) is 0 Å². The van der Waals surface area contributed by atoms with Gasteiger partial charge in [0.15, 0.2) is 0 Å². The van der Waals surface area contributed by atoms with Gasteiger partial charge in [-0.25, -0.2) is 0 Å². The molecule has 1 rings (SSSR count). The van der Waals surface area contributed by atoms with Gasteiger partial charge in [0.1, 0.15) is 0 Å². The summed E-state index contributed by atoms with van der Waals surface area (Å²) in [5.74, 6) is -0.433. The van der Waals surface area contributed by atoms with Crippen LogP contribution in [-0.4, -0.2) is 12.5 Å². The van der Waals surface area contributed by atoms with E-state index in [1.54, 1.807) is 12.3 Å². The van der Waals surface area contributed by atoms with Crippen LogP contribution in [-0.2, 0) is 4.79 Å². The number of nitrogens with two attached hydrogens (primary N) is 1. The van der Waals surface area contributed by atoms with Crippen molar-refractivity contribution < 1.29 is 4.79 Å². The smallest absolute Gasteiger partial charge is 0.226 e. The summed E-state index contributed by atoms with van der Waals surface area (Å²) in [5, 5.41) is 3.80. The van der Waals surface area contributed by atoms with E-state index in [1.807, 2.05) is 0 Å². The molecular weight excluding hydrogens is 104 g/mol. The molecule has 0 bridgehead atoms. The number of hydrogen-bond donors (Lipinski definition) is 1. The molecule has 0 aromatic heterocycles. The van der Waals surface area contributed by atoms with Gasteiger partial charge < -0.3 is 5.73 Å². The fourth-order valence-corrected chi connectivity index (χ4v) is 0.585. The quantitative estimate of drug-likeness (QED) is 0.474. The Morgan fingerprint density at radius 1 is 1.88 bits per heavy atom. The highest BCUT2D eigenvalue weighted by Crippen LogP contribution is 2.01. The third-order valence-electron chi connectivity index (χ3n) is 1.09. The van der Waals surface area contributed by atoms with E-state index in [4.69, 9.17) is 5.73 Å². The van der Waals surface area contributed by atoms with Crippen LogP contribution in [0.1, 0.15) is 0 Å². The van der Waals surface area contributed by atoms with Crippen molar-refractivity contribution in [2.45, 2.75) is 0 Å². The van der Waals surface area contributed by atoms with Crippen LogP contribution in [0.25, 0.3) is 0 Å². The van der Waals surface area contributed by atoms with Crippen LogP contribution in [0.2, 0.25) is 0 Å². The summed E-state index contributed by atoms with van der Waals surface area (Å²) in [4.78, 5) is 10.3. The molecule has 43 valence electrons. The molecule has 0 aliphatic carbocycles. The number of carbonyl (C=O) groups excluding carboxylic acids is 1. The molecule has 1 atom stereocenters. The van der Waals surface area contributed by atoms with Gasteiger partial charge in [-0.3, -0.25) is 10.1 Å². The first-order chi connectivity index (χ1) is 3.80. The van der Waals surface area contributed by atoms with E-state index in [9.17, 15) is 4.79 Å². The molecular formula is C5H7N2O. The summed E-state index contributed by atoms with van der Waals surface area (Å²) >= 11 is 0. The van der Waals surface area contributed by atoms with Crippen LogP contribution in [0.3, 0.4) is 0 Å². The number of hydrogen-bond acceptors (Lipinski definition) is 1. The van der Waals surface area contributed by atoms with Crippen LogP contribution in [0.15, 0.2) is 12.3 Å². The van der Waals surface area contributed by atoms with Crippen molar-refractivity contribution in [3.63, 3.8) is 0 Å². The van der Waals surface area contributed by atoms with Crippen molar-refractivity contribution in [3.05, 3.63) is 12.3 Å². The van der Waals surface area contributed by atoms with Gasteiger partial charge in [0.05, 0.1) is 12.5 Å². The Kier molecular flexibility index (Phi) is 1.20. The molecule has 0 fully saturated rings. The number of nitrogens with zero attached hydrogens (tertiary/aromatic N) is 1. The minimum Gasteiger partial charge on any atom is -0.369 e. The number of primary amides is 1. The Balaban J connectivity index is 2.48. The van der Waals surface area contributed by atoms with Crippen LogP contribution in [0.5, 0.6) is 0 Å². The van der Waals surface area contributed by atoms with Gasteiger partial charge in [0, 0.05) is 6.20 Å². The molecule has 0 saturated carbocycles. The van der Waals surface area contributed by atoms with Crippen molar-refractivity contribution in [1.82, 2.24) is 5.32 Å². The van der Waals surface area contributed by atoms with Gasteiger partial charge in [0.2, 0.25) is 5.91 Å². The van der Waals surface area contributed by atoms with E-state index in [-0.39, 0.29) is 11.8 Å². The molecule has 0 aromatic carbocycles. The maximum absolute atomic E-state index is 10.3. The molecule has 1 radical (unpaired) electrons. The average molecular weight is 111 g/mol. The highest BCUT2D eigenvalue weighted by molar-refractivity contribution is 5.79. The third kappa shape index (κ3) is 0.804. The molecule has 1 aliphatic rings. The summed E-state index contributed by atoms with van der Waals surface area (Å²) in [6, 6.07) is 0. The molecule has 2 N–H and O–H groups in total. The standard InChI is InChI=1S/C5H7N2O/c6-5(8)4-1-2-7-3-4/h1-2,4H,3H2,(H2,6,8). The van der Waals surface area contributed by atoms with E-state index < -0.39 is 0 Å². The lowest BCUT2D eigenvalue weighted by molar-refractivity contribution is -0.120. The molecule has 0 saturated heterocycles. The zero-order valence-electron chi connectivity index (χ0n) is 4.37. The minimum atomic E-state index is -0.289. The average Bonchev–Trinajstić information content (AvgIpc) is 2.12. The Morgan fingerprint density at radius 3 is 2.88 bits per heavy atom. The highest BCUT2D eigenvalue weighted by atomic mass is 16.1. The first-order valence-electron chi connectivity index (χ1n) is 2.43. The highest BCUT2D eigenvalue weighted by Gasteiger charge is 2.14. The van der Waals surface area contributed by atoms with Crippen LogP contribution in [0, 0.1) is 5.92 Å². The lowest BCUT2D eigenvalue weighted by atomic mass is 10.2. The number of amides is 1. The van der Waals surface area contributed by atoms with Crippen molar-refractivity contribution >= 4 is 5.91 Å². The summed E-state index contributed by atoms with van der Waals surface area (Å²) in [5.41, 5.74) is 4.95. The molecule has 0 spiro atoms. The zero-order valence-corrected chi connectivity index (χ0v) is 4.37. The molecule has 1 unspecified atom stereocenters. The lowest BCUT2D eigenvalue weighted by Crippen LogP contribution is -2.23. The lowest BCUT2D eigenvalue weighted by Gasteiger charge is -1.96. The molecule has 0 aromatic rings. The predicted octanol–water partition coefficient (Wildman–Crippen LogP) is -0.780. The van der Waals surface area contributed by atoms with Gasteiger partial charge in [-0.1, -0.05) is 6.08 Å². The second-order valence-corrected chi connectivity index (χ2v) is 1.72. The van der Waals surface area contributed by atoms with E-state index in [1.165, 1.54) is 0 Å². The fourth-order valence-electron chi connectivity index (χ4n) is 0.585. The molecule has 1 aliphatic heterocycles. The molecule has 1 amide bonds. The summed E-state index contributed by atoms with van der Waals surface area (Å²) in [7, 11) is 0. The summed E-state index contributed by atoms with van der Waals surface area (Å²) in [6.07, 6.45) is 3.33. The summed E-state index contributed by atoms with van der Waals surface area (Å²) < 4.78 is 0. The second kappa shape index (κ2) is 1.86. The SMILES string of the molecule is NC(=O)C1C=C[N]C1. The number of rotatable bonds is 1. The Labute approximate surface area is 47.6 Å². The van der Waals surface area contributed by atoms with Gasteiger partial charge in [-0.2, -0.15) is 0 Å². The zero-order chi connectivity index (χ0) is 5.98. The topological polar surface area (TPSA) is 57.2 Å². The van der Waals surface area contributed by atoms with E-state index in [0.717, 1.165) is 0 Å². The monoisotopic (exact) mass is 111 g/mol. The van der Waals surface area contributed by atoms with Gasteiger partial charge in [-0.05, 0) is 0 Å². The fraction of sp³-hybridized carbons (Fsp3) is 0.400. The Bertz CT molecular complexity index is 130. The number of carbonyl (C=O) groups is 1. The largest absolute Gasteiger partial charge is 0.369 e. The summed E-state index contributed by atoms with van der Waals surface area (Å²) in [6.45, 7) is 0.537. The van der Waals surface area contributed by atoms with Crippen LogP contribution >= 0.6 is 0 Å². The minimum absolute atomic E-state index is 0.144. The Morgan fingerprint density at radius 2 is 2.62 bits per heavy atom. The van der Waals surface area contributed by atoms with Gasteiger partial charge >= 0.3 is 0 Å². The van der Waals surface area contributed by atoms with Crippen molar-refractivity contribution in [2.24, 2.45) is 11.7 Å². The van der Waals surface area contributed by atoms with Gasteiger partial charge in [-0.15, -0.1) is 0 Å². The maximum atomic E-state index is 10.3. The van der Waals surface area contributed by atoms with E-state index >= 15 is 0 Å². The van der Waals surface area contributed by atoms with Crippen molar-refractivity contribution in [1.29, 1.82) is 0 Å². The first-order valence-corrected chi connectivity index (χ1v) is 2.43. The van der Waals surface area contributed by atoms with E-state index in [2.05, 4.69) is 5.32 Å². The predicted molar refractivity (Wildman–Crippen MR) is 28.8 cm³/mol. The second-order valence-electron chi connectivity index (χ2n) is 1.72. The molecule has 1 heterocycles. The van der Waals surface area contributed by atoms with Crippen LogP contribution in [0.4, 0.5) is 0 Å². The third-order valence-corrected chi connectivity index (χ3v) is 1.09. The molecule has 3 nitrogen and oxygen atoms in total. The maximum Gasteiger partial charge on any atom is 0.226 e.